The number of hydrogen-bond acceptors (Lipinski definition) is 5. The molecule has 128 valence electrons. The van der Waals surface area contributed by atoms with Gasteiger partial charge >= 0.3 is 0 Å². The van der Waals surface area contributed by atoms with Crippen molar-refractivity contribution in [3.8, 4) is 11.5 Å². The zero-order valence-corrected chi connectivity index (χ0v) is 14.2. The van der Waals surface area contributed by atoms with Gasteiger partial charge in [-0.1, -0.05) is 23.7 Å². The van der Waals surface area contributed by atoms with Crippen molar-refractivity contribution in [2.45, 2.75) is 6.42 Å². The van der Waals surface area contributed by atoms with Crippen molar-refractivity contribution < 1.29 is 14.6 Å². The molecule has 6 nitrogen and oxygen atoms in total. The third-order valence-electron chi connectivity index (χ3n) is 3.38. The predicted octanol–water partition coefficient (Wildman–Crippen LogP) is 3.62. The van der Waals surface area contributed by atoms with Crippen LogP contribution in [0.5, 0.6) is 11.5 Å². The number of phenolic OH excluding ortho intramolecular Hbond substituents is 2. The van der Waals surface area contributed by atoms with E-state index in [-0.39, 0.29) is 21.4 Å². The Morgan fingerprint density at radius 2 is 2.00 bits per heavy atom. The van der Waals surface area contributed by atoms with E-state index < -0.39 is 5.75 Å². The van der Waals surface area contributed by atoms with Crippen LogP contribution in [0.15, 0.2) is 41.5 Å². The first-order valence-electron chi connectivity index (χ1n) is 7.10. The molecule has 0 bridgehead atoms. The number of aromatic hydroxyl groups is 2. The number of aromatic amines is 1. The Morgan fingerprint density at radius 1 is 1.28 bits per heavy atom. The van der Waals surface area contributed by atoms with Crippen LogP contribution in [0.1, 0.15) is 17.0 Å². The van der Waals surface area contributed by atoms with E-state index in [1.165, 1.54) is 35.2 Å². The monoisotopic (exact) mass is 378 g/mol. The van der Waals surface area contributed by atoms with E-state index in [0.717, 1.165) is 5.56 Å². The van der Waals surface area contributed by atoms with Crippen molar-refractivity contribution in [2.75, 3.05) is 0 Å². The number of aromatic nitrogens is 3. The average molecular weight is 379 g/mol. The standard InChI is InChI=1S/C16H12ClFN4O2S/c17-12-5-10(6-13(23)15(12)24)8-19-22-14(20-21-16(22)25)7-9-1-3-11(18)4-2-9/h1-6,8,23-24H,7H2,(H,21,25)/b19-8+. The third kappa shape index (κ3) is 3.86. The molecule has 0 aliphatic carbocycles. The second kappa shape index (κ2) is 7.04. The van der Waals surface area contributed by atoms with Crippen molar-refractivity contribution in [1.29, 1.82) is 0 Å². The highest BCUT2D eigenvalue weighted by Crippen LogP contribution is 2.33. The maximum absolute atomic E-state index is 13.0. The summed E-state index contributed by atoms with van der Waals surface area (Å²) in [6, 6.07) is 8.80. The van der Waals surface area contributed by atoms with E-state index in [4.69, 9.17) is 23.8 Å². The number of nitrogens with one attached hydrogen (secondary N) is 1. The summed E-state index contributed by atoms with van der Waals surface area (Å²) in [6.45, 7) is 0. The Hall–Kier alpha value is -2.71. The Kier molecular flexibility index (Phi) is 4.82. The SMILES string of the molecule is Oc1cc(/C=N/n2c(Cc3ccc(F)cc3)n[nH]c2=S)cc(Cl)c1O. The van der Waals surface area contributed by atoms with Crippen molar-refractivity contribution in [1.82, 2.24) is 14.9 Å². The van der Waals surface area contributed by atoms with E-state index in [0.29, 0.717) is 17.8 Å². The summed E-state index contributed by atoms with van der Waals surface area (Å²) in [6.07, 6.45) is 1.82. The second-order valence-corrected chi connectivity index (χ2v) is 5.97. The summed E-state index contributed by atoms with van der Waals surface area (Å²) < 4.78 is 14.7. The number of hydrogen-bond donors (Lipinski definition) is 3. The van der Waals surface area contributed by atoms with Gasteiger partial charge in [-0.2, -0.15) is 14.9 Å². The highest BCUT2D eigenvalue weighted by molar-refractivity contribution is 7.71. The molecule has 25 heavy (non-hydrogen) atoms. The fourth-order valence-corrected chi connectivity index (χ4v) is 2.57. The molecule has 3 aromatic rings. The molecule has 0 saturated heterocycles. The topological polar surface area (TPSA) is 86.4 Å². The summed E-state index contributed by atoms with van der Waals surface area (Å²) in [4.78, 5) is 0. The van der Waals surface area contributed by atoms with Crippen LogP contribution in [0, 0.1) is 10.6 Å². The molecule has 1 aromatic heterocycles. The Morgan fingerprint density at radius 3 is 2.68 bits per heavy atom. The lowest BCUT2D eigenvalue weighted by Crippen LogP contribution is -2.00. The van der Waals surface area contributed by atoms with Gasteiger partial charge in [0.1, 0.15) is 5.82 Å². The molecule has 0 radical (unpaired) electrons. The number of halogens is 2. The number of rotatable bonds is 4. The minimum Gasteiger partial charge on any atom is -0.504 e. The summed E-state index contributed by atoms with van der Waals surface area (Å²) in [5.74, 6) is -0.529. The molecule has 0 atom stereocenters. The number of phenols is 2. The zero-order valence-electron chi connectivity index (χ0n) is 12.6. The molecular formula is C16H12ClFN4O2S. The maximum atomic E-state index is 13.0. The number of nitrogens with zero attached hydrogens (tertiary/aromatic N) is 3. The second-order valence-electron chi connectivity index (χ2n) is 5.18. The van der Waals surface area contributed by atoms with Gasteiger partial charge < -0.3 is 10.2 Å². The van der Waals surface area contributed by atoms with Gasteiger partial charge in [-0.05, 0) is 47.6 Å². The van der Waals surface area contributed by atoms with Crippen LogP contribution < -0.4 is 0 Å². The molecule has 0 fully saturated rings. The number of H-pyrrole nitrogens is 1. The van der Waals surface area contributed by atoms with Gasteiger partial charge in [0.25, 0.3) is 0 Å². The lowest BCUT2D eigenvalue weighted by Gasteiger charge is -2.03. The van der Waals surface area contributed by atoms with Gasteiger partial charge in [0.2, 0.25) is 4.77 Å². The highest BCUT2D eigenvalue weighted by Gasteiger charge is 2.08. The summed E-state index contributed by atoms with van der Waals surface area (Å²) in [5, 5.41) is 30.1. The van der Waals surface area contributed by atoms with Crippen LogP contribution >= 0.6 is 23.8 Å². The zero-order chi connectivity index (χ0) is 18.0. The quantitative estimate of drug-likeness (QED) is 0.367. The van der Waals surface area contributed by atoms with Crippen LogP contribution in [0.4, 0.5) is 4.39 Å². The van der Waals surface area contributed by atoms with Gasteiger partial charge in [-0.25, -0.2) is 4.39 Å². The first kappa shape index (κ1) is 17.1. The van der Waals surface area contributed by atoms with Gasteiger partial charge in [0, 0.05) is 6.42 Å². The third-order valence-corrected chi connectivity index (χ3v) is 3.93. The molecular weight excluding hydrogens is 367 g/mol. The lowest BCUT2D eigenvalue weighted by molar-refractivity contribution is 0.404. The highest BCUT2D eigenvalue weighted by atomic mass is 35.5. The molecule has 0 saturated carbocycles. The summed E-state index contributed by atoms with van der Waals surface area (Å²) in [5.41, 5.74) is 1.31. The van der Waals surface area contributed by atoms with E-state index in [1.54, 1.807) is 12.1 Å². The summed E-state index contributed by atoms with van der Waals surface area (Å²) >= 11 is 11.0. The normalized spacial score (nSPS) is 11.3. The van der Waals surface area contributed by atoms with Gasteiger partial charge in [-0.15, -0.1) is 0 Å². The molecule has 0 aliphatic heterocycles. The first-order valence-corrected chi connectivity index (χ1v) is 7.89. The van der Waals surface area contributed by atoms with Gasteiger partial charge in [0.15, 0.2) is 17.3 Å². The van der Waals surface area contributed by atoms with E-state index in [2.05, 4.69) is 15.3 Å². The van der Waals surface area contributed by atoms with Crippen molar-refractivity contribution >= 4 is 30.0 Å². The average Bonchev–Trinajstić information content (AvgIpc) is 2.92. The first-order chi connectivity index (χ1) is 11.9. The van der Waals surface area contributed by atoms with Crippen LogP contribution in [0.3, 0.4) is 0 Å². The number of benzene rings is 2. The van der Waals surface area contributed by atoms with E-state index in [1.807, 2.05) is 0 Å². The summed E-state index contributed by atoms with van der Waals surface area (Å²) in [7, 11) is 0. The smallest absolute Gasteiger partial charge is 0.216 e. The van der Waals surface area contributed by atoms with E-state index >= 15 is 0 Å². The molecule has 0 amide bonds. The van der Waals surface area contributed by atoms with Crippen LogP contribution in [-0.2, 0) is 6.42 Å². The molecule has 1 heterocycles. The van der Waals surface area contributed by atoms with Crippen LogP contribution in [0.2, 0.25) is 5.02 Å². The predicted molar refractivity (Wildman–Crippen MR) is 94.4 cm³/mol. The minimum atomic E-state index is -0.393. The van der Waals surface area contributed by atoms with Gasteiger partial charge in [-0.3, -0.25) is 5.10 Å². The van der Waals surface area contributed by atoms with Crippen LogP contribution in [0.25, 0.3) is 0 Å². The molecule has 0 aliphatic rings. The van der Waals surface area contributed by atoms with Crippen LogP contribution in [-0.4, -0.2) is 31.3 Å². The molecule has 0 unspecified atom stereocenters. The Labute approximate surface area is 151 Å². The fraction of sp³-hybridized carbons (Fsp3) is 0.0625. The largest absolute Gasteiger partial charge is 0.504 e. The molecule has 0 spiro atoms. The molecule has 2 aromatic carbocycles. The van der Waals surface area contributed by atoms with Gasteiger partial charge in [0.05, 0.1) is 11.2 Å². The van der Waals surface area contributed by atoms with Crippen molar-refractivity contribution in [2.24, 2.45) is 5.10 Å². The molecule has 3 rings (SSSR count). The van der Waals surface area contributed by atoms with E-state index in [9.17, 15) is 14.6 Å². The molecule has 3 N–H and O–H groups in total. The fourth-order valence-electron chi connectivity index (χ4n) is 2.15. The minimum absolute atomic E-state index is 0.00350. The van der Waals surface area contributed by atoms with Crippen molar-refractivity contribution in [3.05, 3.63) is 69.0 Å². The Bertz CT molecular complexity index is 975. The Balaban J connectivity index is 1.89. The lowest BCUT2D eigenvalue weighted by atomic mass is 10.1. The van der Waals surface area contributed by atoms with Crippen molar-refractivity contribution in [3.63, 3.8) is 0 Å². The molecule has 9 heteroatoms. The maximum Gasteiger partial charge on any atom is 0.216 e.